The minimum Gasteiger partial charge on any atom is -0.497 e. The maximum atomic E-state index is 12.3. The minimum atomic E-state index is -0.121. The highest BCUT2D eigenvalue weighted by molar-refractivity contribution is 5.94. The number of amides is 1. The number of hydrogen-bond acceptors (Lipinski definition) is 4. The Labute approximate surface area is 168 Å². The third-order valence-corrected chi connectivity index (χ3v) is 5.04. The van der Waals surface area contributed by atoms with Crippen molar-refractivity contribution < 1.29 is 9.53 Å². The molecule has 2 atom stereocenters. The number of guanidine groups is 1. The molecule has 0 radical (unpaired) electrons. The third-order valence-electron chi connectivity index (χ3n) is 5.04. The van der Waals surface area contributed by atoms with Gasteiger partial charge >= 0.3 is 0 Å². The SMILES string of the molecule is CCNC(=NCCNC(=O)c1cccc(OC)c1)NC1CN(C(C)C)CC1C. The number of likely N-dealkylation sites (tertiary alicyclic amines) is 1. The molecule has 1 fully saturated rings. The quantitative estimate of drug-likeness (QED) is 0.358. The average molecular weight is 390 g/mol. The van der Waals surface area contributed by atoms with Crippen LogP contribution < -0.4 is 20.7 Å². The predicted molar refractivity (Wildman–Crippen MR) is 114 cm³/mol. The number of methoxy groups -OCH3 is 1. The first-order chi connectivity index (χ1) is 13.4. The summed E-state index contributed by atoms with van der Waals surface area (Å²) >= 11 is 0. The molecule has 1 aromatic rings. The van der Waals surface area contributed by atoms with Gasteiger partial charge < -0.3 is 20.7 Å². The highest BCUT2D eigenvalue weighted by Crippen LogP contribution is 2.18. The van der Waals surface area contributed by atoms with E-state index < -0.39 is 0 Å². The molecule has 2 unspecified atom stereocenters. The van der Waals surface area contributed by atoms with Crippen LogP contribution in [0.5, 0.6) is 5.75 Å². The van der Waals surface area contributed by atoms with Gasteiger partial charge in [0.2, 0.25) is 0 Å². The van der Waals surface area contributed by atoms with E-state index in [1.54, 1.807) is 19.2 Å². The smallest absolute Gasteiger partial charge is 0.251 e. The zero-order valence-electron chi connectivity index (χ0n) is 17.8. The van der Waals surface area contributed by atoms with Crippen molar-refractivity contribution >= 4 is 11.9 Å². The summed E-state index contributed by atoms with van der Waals surface area (Å²) in [7, 11) is 1.59. The van der Waals surface area contributed by atoms with Crippen LogP contribution in [-0.2, 0) is 0 Å². The number of hydrogen-bond donors (Lipinski definition) is 3. The second kappa shape index (κ2) is 10.9. The van der Waals surface area contributed by atoms with Crippen LogP contribution in [0.15, 0.2) is 29.3 Å². The van der Waals surface area contributed by atoms with Crippen LogP contribution in [0, 0.1) is 5.92 Å². The summed E-state index contributed by atoms with van der Waals surface area (Å²) in [4.78, 5) is 19.4. The highest BCUT2D eigenvalue weighted by Gasteiger charge is 2.31. The molecule has 0 spiro atoms. The lowest BCUT2D eigenvalue weighted by Gasteiger charge is -2.22. The monoisotopic (exact) mass is 389 g/mol. The van der Waals surface area contributed by atoms with Gasteiger partial charge in [0.05, 0.1) is 13.7 Å². The molecule has 156 valence electrons. The Kier molecular flexibility index (Phi) is 8.57. The predicted octanol–water partition coefficient (Wildman–Crippen LogP) is 1.71. The zero-order chi connectivity index (χ0) is 20.5. The Morgan fingerprint density at radius 3 is 2.75 bits per heavy atom. The van der Waals surface area contributed by atoms with Crippen molar-refractivity contribution in [1.29, 1.82) is 0 Å². The Morgan fingerprint density at radius 1 is 1.32 bits per heavy atom. The fourth-order valence-corrected chi connectivity index (χ4v) is 3.31. The molecule has 7 heteroatoms. The lowest BCUT2D eigenvalue weighted by molar-refractivity contribution is 0.0954. The number of nitrogens with zero attached hydrogens (tertiary/aromatic N) is 2. The molecule has 28 heavy (non-hydrogen) atoms. The van der Waals surface area contributed by atoms with Crippen LogP contribution in [0.1, 0.15) is 38.1 Å². The fourth-order valence-electron chi connectivity index (χ4n) is 3.31. The molecule has 0 saturated carbocycles. The van der Waals surface area contributed by atoms with E-state index in [0.29, 0.717) is 42.4 Å². The summed E-state index contributed by atoms with van der Waals surface area (Å²) in [6.45, 7) is 12.7. The second-order valence-corrected chi connectivity index (χ2v) is 7.52. The summed E-state index contributed by atoms with van der Waals surface area (Å²) in [6, 6.07) is 8.07. The van der Waals surface area contributed by atoms with Crippen LogP contribution in [0.4, 0.5) is 0 Å². The van der Waals surface area contributed by atoms with Crippen molar-refractivity contribution in [2.45, 2.75) is 39.8 Å². The van der Waals surface area contributed by atoms with E-state index in [0.717, 1.165) is 25.6 Å². The second-order valence-electron chi connectivity index (χ2n) is 7.52. The van der Waals surface area contributed by atoms with Gasteiger partial charge in [-0.15, -0.1) is 0 Å². The van der Waals surface area contributed by atoms with Gasteiger partial charge in [0.15, 0.2) is 5.96 Å². The van der Waals surface area contributed by atoms with E-state index in [4.69, 9.17) is 4.74 Å². The summed E-state index contributed by atoms with van der Waals surface area (Å²) in [5.41, 5.74) is 0.585. The maximum absolute atomic E-state index is 12.3. The van der Waals surface area contributed by atoms with Gasteiger partial charge in [-0.25, -0.2) is 0 Å². The Morgan fingerprint density at radius 2 is 2.11 bits per heavy atom. The van der Waals surface area contributed by atoms with Gasteiger partial charge in [0.1, 0.15) is 5.75 Å². The van der Waals surface area contributed by atoms with Gasteiger partial charge in [-0.05, 0) is 44.9 Å². The summed E-state index contributed by atoms with van der Waals surface area (Å²) in [5.74, 6) is 1.93. The minimum absolute atomic E-state index is 0.121. The van der Waals surface area contributed by atoms with Gasteiger partial charge in [-0.1, -0.05) is 13.0 Å². The maximum Gasteiger partial charge on any atom is 0.251 e. The normalized spacial score (nSPS) is 20.3. The summed E-state index contributed by atoms with van der Waals surface area (Å²) < 4.78 is 5.16. The van der Waals surface area contributed by atoms with Crippen LogP contribution in [0.2, 0.25) is 0 Å². The molecule has 3 N–H and O–H groups in total. The molecular weight excluding hydrogens is 354 g/mol. The van der Waals surface area contributed by atoms with Gasteiger partial charge in [0.25, 0.3) is 5.91 Å². The molecule has 0 aromatic heterocycles. The number of benzene rings is 1. The van der Waals surface area contributed by atoms with Crippen LogP contribution in [0.25, 0.3) is 0 Å². The Bertz CT molecular complexity index is 662. The molecule has 1 saturated heterocycles. The molecule has 1 aliphatic heterocycles. The first-order valence-corrected chi connectivity index (χ1v) is 10.2. The van der Waals surface area contributed by atoms with Gasteiger partial charge in [-0.2, -0.15) is 0 Å². The summed E-state index contributed by atoms with van der Waals surface area (Å²) in [5, 5.41) is 9.76. The van der Waals surface area contributed by atoms with E-state index >= 15 is 0 Å². The van der Waals surface area contributed by atoms with Crippen LogP contribution >= 0.6 is 0 Å². The molecule has 2 rings (SSSR count). The van der Waals surface area contributed by atoms with E-state index in [9.17, 15) is 4.79 Å². The van der Waals surface area contributed by atoms with Crippen molar-refractivity contribution in [3.05, 3.63) is 29.8 Å². The molecule has 1 aliphatic rings. The number of carbonyl (C=O) groups excluding carboxylic acids is 1. The van der Waals surface area contributed by atoms with E-state index in [2.05, 4.69) is 53.5 Å². The van der Waals surface area contributed by atoms with Crippen molar-refractivity contribution in [2.24, 2.45) is 10.9 Å². The average Bonchev–Trinajstić information content (AvgIpc) is 3.06. The first-order valence-electron chi connectivity index (χ1n) is 10.2. The number of aliphatic imine (C=N–C) groups is 1. The molecular formula is C21H35N5O2. The molecule has 1 amide bonds. The zero-order valence-corrected chi connectivity index (χ0v) is 17.8. The number of nitrogens with one attached hydrogen (secondary N) is 3. The molecule has 0 bridgehead atoms. The topological polar surface area (TPSA) is 78.0 Å². The molecule has 7 nitrogen and oxygen atoms in total. The molecule has 1 heterocycles. The lowest BCUT2D eigenvalue weighted by Crippen LogP contribution is -2.47. The molecule has 0 aliphatic carbocycles. The standard InChI is InChI=1S/C21H35N5O2/c1-6-22-21(25-19-14-26(15(2)3)13-16(19)4)24-11-10-23-20(27)17-8-7-9-18(12-17)28-5/h7-9,12,15-16,19H,6,10-11,13-14H2,1-5H3,(H,23,27)(H2,22,24,25). The van der Waals surface area contributed by atoms with Crippen molar-refractivity contribution in [3.63, 3.8) is 0 Å². The third kappa shape index (κ3) is 6.41. The fraction of sp³-hybridized carbons (Fsp3) is 0.619. The first kappa shape index (κ1) is 22.0. The van der Waals surface area contributed by atoms with Gasteiger partial charge in [-0.3, -0.25) is 14.7 Å². The lowest BCUT2D eigenvalue weighted by atomic mass is 10.1. The number of ether oxygens (including phenoxy) is 1. The Balaban J connectivity index is 1.84. The Hall–Kier alpha value is -2.28. The van der Waals surface area contributed by atoms with Crippen molar-refractivity contribution in [3.8, 4) is 5.75 Å². The largest absolute Gasteiger partial charge is 0.497 e. The number of rotatable bonds is 8. The van der Waals surface area contributed by atoms with Gasteiger partial charge in [0, 0.05) is 43.8 Å². The van der Waals surface area contributed by atoms with E-state index in [1.807, 2.05) is 12.1 Å². The van der Waals surface area contributed by atoms with E-state index in [-0.39, 0.29) is 5.91 Å². The summed E-state index contributed by atoms with van der Waals surface area (Å²) in [6.07, 6.45) is 0. The van der Waals surface area contributed by atoms with E-state index in [1.165, 1.54) is 0 Å². The highest BCUT2D eigenvalue weighted by atomic mass is 16.5. The molecule has 1 aromatic carbocycles. The van der Waals surface area contributed by atoms with Crippen molar-refractivity contribution in [2.75, 3.05) is 39.8 Å². The van der Waals surface area contributed by atoms with Crippen LogP contribution in [0.3, 0.4) is 0 Å². The number of carbonyl (C=O) groups is 1. The van der Waals surface area contributed by atoms with Crippen molar-refractivity contribution in [1.82, 2.24) is 20.9 Å². The van der Waals surface area contributed by atoms with Crippen LogP contribution in [-0.4, -0.2) is 68.7 Å².